The Bertz CT molecular complexity index is 1260. The van der Waals surface area contributed by atoms with E-state index in [0.717, 1.165) is 15.4 Å². The van der Waals surface area contributed by atoms with Crippen LogP contribution >= 0.6 is 11.3 Å². The maximum atomic E-state index is 12.9. The van der Waals surface area contributed by atoms with Gasteiger partial charge in [0, 0.05) is 17.5 Å². The third-order valence-corrected chi connectivity index (χ3v) is 4.96. The third kappa shape index (κ3) is 2.91. The Morgan fingerprint density at radius 1 is 1.22 bits per heavy atom. The summed E-state index contributed by atoms with van der Waals surface area (Å²) in [5.74, 6) is -1.13. The molecule has 0 fully saturated rings. The number of thiazole rings is 1. The van der Waals surface area contributed by atoms with Crippen molar-refractivity contribution in [3.63, 3.8) is 0 Å². The number of carboxylic acid groups (broad SMARTS) is 1. The number of nitrogens with zero attached hydrogens (tertiary/aromatic N) is 4. The minimum Gasteiger partial charge on any atom is -0.481 e. The number of non-ortho nitro benzene ring substituents is 1. The van der Waals surface area contributed by atoms with Crippen molar-refractivity contribution in [2.75, 3.05) is 0 Å². The molecule has 0 saturated heterocycles. The number of hydrogen-bond acceptors (Lipinski definition) is 7. The normalized spacial score (nSPS) is 11.1. The number of nitro groups is 1. The van der Waals surface area contributed by atoms with Crippen LogP contribution in [0.5, 0.6) is 0 Å². The third-order valence-electron chi connectivity index (χ3n) is 3.95. The summed E-state index contributed by atoms with van der Waals surface area (Å²) in [7, 11) is 0. The summed E-state index contributed by atoms with van der Waals surface area (Å²) in [4.78, 5) is 38.9. The van der Waals surface area contributed by atoms with Crippen LogP contribution in [0.2, 0.25) is 0 Å². The van der Waals surface area contributed by atoms with Crippen LogP contribution in [0.15, 0.2) is 47.3 Å². The first-order valence-electron chi connectivity index (χ1n) is 7.72. The fourth-order valence-corrected chi connectivity index (χ4v) is 3.68. The van der Waals surface area contributed by atoms with Crippen molar-refractivity contribution in [1.82, 2.24) is 14.8 Å². The van der Waals surface area contributed by atoms with Crippen molar-refractivity contribution in [2.24, 2.45) is 0 Å². The van der Waals surface area contributed by atoms with Crippen molar-refractivity contribution in [2.45, 2.75) is 6.42 Å². The summed E-state index contributed by atoms with van der Waals surface area (Å²) in [6, 6.07) is 11.0. The number of hydrogen-bond donors (Lipinski definition) is 1. The van der Waals surface area contributed by atoms with Crippen molar-refractivity contribution < 1.29 is 14.8 Å². The van der Waals surface area contributed by atoms with Crippen LogP contribution in [-0.2, 0) is 11.2 Å². The van der Waals surface area contributed by atoms with Crippen LogP contribution < -0.4 is 5.56 Å². The maximum Gasteiger partial charge on any atom is 0.309 e. The molecule has 2 aromatic carbocycles. The van der Waals surface area contributed by atoms with Gasteiger partial charge in [0.05, 0.1) is 32.6 Å². The number of aliphatic carboxylic acids is 1. The minimum absolute atomic E-state index is 0.0229. The molecular formula is C17H10N4O5S. The van der Waals surface area contributed by atoms with Gasteiger partial charge in [0.1, 0.15) is 0 Å². The molecule has 2 heterocycles. The van der Waals surface area contributed by atoms with Gasteiger partial charge in [0.2, 0.25) is 5.13 Å². The molecule has 0 unspecified atom stereocenters. The van der Waals surface area contributed by atoms with Gasteiger partial charge in [-0.05, 0) is 18.2 Å². The SMILES string of the molecule is O=C(O)Cc1nn(-c2nc3ccccc3s2)c(=O)c2cc([N+](=O)[O-])ccc12. The molecule has 0 atom stereocenters. The zero-order valence-electron chi connectivity index (χ0n) is 13.5. The molecule has 2 aromatic heterocycles. The zero-order chi connectivity index (χ0) is 19.1. The topological polar surface area (TPSA) is 128 Å². The summed E-state index contributed by atoms with van der Waals surface area (Å²) in [5, 5.41) is 25.0. The number of benzene rings is 2. The quantitative estimate of drug-likeness (QED) is 0.424. The highest BCUT2D eigenvalue weighted by Gasteiger charge is 2.19. The van der Waals surface area contributed by atoms with E-state index in [9.17, 15) is 19.7 Å². The van der Waals surface area contributed by atoms with Crippen LogP contribution in [0, 0.1) is 10.1 Å². The van der Waals surface area contributed by atoms with Gasteiger partial charge in [-0.2, -0.15) is 9.78 Å². The van der Waals surface area contributed by atoms with Crippen LogP contribution in [0.4, 0.5) is 5.69 Å². The highest BCUT2D eigenvalue weighted by Crippen LogP contribution is 2.25. The van der Waals surface area contributed by atoms with Crippen molar-refractivity contribution in [3.8, 4) is 5.13 Å². The molecule has 4 aromatic rings. The standard InChI is InChI=1S/C17H10N4O5S/c22-15(23)8-13-10-6-5-9(21(25)26)7-11(10)16(24)20(19-13)17-18-12-3-1-2-4-14(12)27-17/h1-7H,8H2,(H,22,23). The summed E-state index contributed by atoms with van der Waals surface area (Å²) in [6.07, 6.45) is -0.431. The van der Waals surface area contributed by atoms with E-state index < -0.39 is 22.9 Å². The molecule has 0 spiro atoms. The van der Waals surface area contributed by atoms with E-state index in [1.165, 1.54) is 23.5 Å². The maximum absolute atomic E-state index is 12.9. The number of fused-ring (bicyclic) bond motifs is 2. The van der Waals surface area contributed by atoms with Gasteiger partial charge in [-0.15, -0.1) is 0 Å². The number of rotatable bonds is 4. The Labute approximate surface area is 154 Å². The van der Waals surface area contributed by atoms with Crippen LogP contribution in [0.1, 0.15) is 5.69 Å². The number of nitro benzene ring substituents is 1. The molecule has 0 amide bonds. The summed E-state index contributed by atoms with van der Waals surface area (Å²) >= 11 is 1.22. The molecule has 1 N–H and O–H groups in total. The second-order valence-electron chi connectivity index (χ2n) is 5.69. The van der Waals surface area contributed by atoms with Gasteiger partial charge >= 0.3 is 5.97 Å². The molecule has 134 valence electrons. The van der Waals surface area contributed by atoms with Crippen molar-refractivity contribution in [3.05, 3.63) is 68.6 Å². The molecule has 4 rings (SSSR count). The number of aromatic nitrogens is 3. The van der Waals surface area contributed by atoms with E-state index in [1.54, 1.807) is 6.07 Å². The Morgan fingerprint density at radius 3 is 2.70 bits per heavy atom. The largest absolute Gasteiger partial charge is 0.481 e. The van der Waals surface area contributed by atoms with Crippen molar-refractivity contribution in [1.29, 1.82) is 0 Å². The first-order chi connectivity index (χ1) is 12.9. The fourth-order valence-electron chi connectivity index (χ4n) is 2.76. The Hall–Kier alpha value is -3.66. The van der Waals surface area contributed by atoms with Gasteiger partial charge in [-0.1, -0.05) is 23.5 Å². The average molecular weight is 382 g/mol. The van der Waals surface area contributed by atoms with Crippen LogP contribution in [-0.4, -0.2) is 30.8 Å². The van der Waals surface area contributed by atoms with E-state index in [-0.39, 0.29) is 27.3 Å². The van der Waals surface area contributed by atoms with Gasteiger partial charge in [-0.25, -0.2) is 4.98 Å². The van der Waals surface area contributed by atoms with Crippen LogP contribution in [0.3, 0.4) is 0 Å². The lowest BCUT2D eigenvalue weighted by molar-refractivity contribution is -0.384. The highest BCUT2D eigenvalue weighted by atomic mass is 32.1. The van der Waals surface area contributed by atoms with Gasteiger partial charge in [0.15, 0.2) is 0 Å². The average Bonchev–Trinajstić information content (AvgIpc) is 3.07. The van der Waals surface area contributed by atoms with Gasteiger partial charge in [-0.3, -0.25) is 19.7 Å². The smallest absolute Gasteiger partial charge is 0.309 e. The summed E-state index contributed by atoms with van der Waals surface area (Å²) < 4.78 is 1.84. The predicted molar refractivity (Wildman–Crippen MR) is 98.5 cm³/mol. The monoisotopic (exact) mass is 382 g/mol. The van der Waals surface area contributed by atoms with E-state index in [2.05, 4.69) is 10.1 Å². The zero-order valence-corrected chi connectivity index (χ0v) is 14.3. The lowest BCUT2D eigenvalue weighted by Gasteiger charge is -2.07. The fraction of sp³-hybridized carbons (Fsp3) is 0.0588. The second-order valence-corrected chi connectivity index (χ2v) is 6.69. The van der Waals surface area contributed by atoms with Crippen molar-refractivity contribution >= 4 is 44.0 Å². The van der Waals surface area contributed by atoms with E-state index in [0.29, 0.717) is 5.52 Å². The van der Waals surface area contributed by atoms with Gasteiger partial charge in [0.25, 0.3) is 11.2 Å². The number of para-hydroxylation sites is 1. The number of carboxylic acids is 1. The van der Waals surface area contributed by atoms with E-state index in [1.807, 2.05) is 18.2 Å². The minimum atomic E-state index is -1.13. The van der Waals surface area contributed by atoms with Crippen LogP contribution in [0.25, 0.3) is 26.1 Å². The molecular weight excluding hydrogens is 372 g/mol. The Balaban J connectivity index is 2.04. The molecule has 0 aliphatic heterocycles. The molecule has 10 heteroatoms. The first-order valence-corrected chi connectivity index (χ1v) is 8.54. The predicted octanol–water partition coefficient (Wildman–Crippen LogP) is 2.53. The highest BCUT2D eigenvalue weighted by molar-refractivity contribution is 7.20. The summed E-state index contributed by atoms with van der Waals surface area (Å²) in [5.41, 5.74) is -0.0544. The molecule has 0 aliphatic rings. The molecule has 0 bridgehead atoms. The lowest BCUT2D eigenvalue weighted by atomic mass is 10.1. The molecule has 0 saturated carbocycles. The van der Waals surface area contributed by atoms with E-state index >= 15 is 0 Å². The van der Waals surface area contributed by atoms with E-state index in [4.69, 9.17) is 5.11 Å². The molecule has 27 heavy (non-hydrogen) atoms. The van der Waals surface area contributed by atoms with Gasteiger partial charge < -0.3 is 5.11 Å². The molecule has 0 aliphatic carbocycles. The summed E-state index contributed by atoms with van der Waals surface area (Å²) in [6.45, 7) is 0. The lowest BCUT2D eigenvalue weighted by Crippen LogP contribution is -2.24. The number of carbonyl (C=O) groups is 1. The Kier molecular flexibility index (Phi) is 3.89. The molecule has 9 nitrogen and oxygen atoms in total. The Morgan fingerprint density at radius 2 is 2.00 bits per heavy atom. The first kappa shape index (κ1) is 16.8. The second kappa shape index (κ2) is 6.25. The molecule has 0 radical (unpaired) electrons.